The molecule has 2 N–H and O–H groups in total. The lowest BCUT2D eigenvalue weighted by Gasteiger charge is -2.05. The lowest BCUT2D eigenvalue weighted by molar-refractivity contribution is 0.350. The van der Waals surface area contributed by atoms with E-state index in [9.17, 15) is 8.42 Å². The second-order valence-electron chi connectivity index (χ2n) is 3.82. The first-order valence-electron chi connectivity index (χ1n) is 5.59. The highest BCUT2D eigenvalue weighted by Crippen LogP contribution is 2.13. The summed E-state index contributed by atoms with van der Waals surface area (Å²) in [6, 6.07) is 4.75. The Bertz CT molecular complexity index is 771. The summed E-state index contributed by atoms with van der Waals surface area (Å²) >= 11 is 0. The van der Waals surface area contributed by atoms with Gasteiger partial charge in [-0.3, -0.25) is 9.40 Å². The van der Waals surface area contributed by atoms with Gasteiger partial charge in [-0.25, -0.2) is 13.4 Å². The van der Waals surface area contributed by atoms with Gasteiger partial charge in [-0.2, -0.15) is 5.10 Å². The van der Waals surface area contributed by atoms with Gasteiger partial charge in [0.1, 0.15) is 23.0 Å². The maximum Gasteiger partial charge on any atom is 0.266 e. The first-order chi connectivity index (χ1) is 9.51. The average Bonchev–Trinajstić information content (AvgIpc) is 2.84. The Labute approximate surface area is 116 Å². The molecule has 2 aromatic heterocycles. The zero-order chi connectivity index (χ0) is 14.6. The molecule has 0 saturated carbocycles. The monoisotopic (exact) mass is 292 g/mol. The molecule has 0 bridgehead atoms. The van der Waals surface area contributed by atoms with Crippen molar-refractivity contribution in [3.05, 3.63) is 36.3 Å². The van der Waals surface area contributed by atoms with Gasteiger partial charge < -0.3 is 5.11 Å². The van der Waals surface area contributed by atoms with E-state index in [-0.39, 0.29) is 17.3 Å². The number of aliphatic hydroxyl groups is 1. The predicted octanol–water partition coefficient (Wildman–Crippen LogP) is -0.0403. The molecule has 0 fully saturated rings. The van der Waals surface area contributed by atoms with E-state index < -0.39 is 10.0 Å². The van der Waals surface area contributed by atoms with Crippen LogP contribution in [0.2, 0.25) is 0 Å². The van der Waals surface area contributed by atoms with Gasteiger partial charge in [-0.1, -0.05) is 12.0 Å². The Morgan fingerprint density at radius 3 is 2.90 bits per heavy atom. The van der Waals surface area contributed by atoms with E-state index in [0.717, 1.165) is 0 Å². The van der Waals surface area contributed by atoms with Gasteiger partial charge in [0.25, 0.3) is 10.0 Å². The van der Waals surface area contributed by atoms with Crippen LogP contribution in [-0.2, 0) is 17.1 Å². The van der Waals surface area contributed by atoms with Gasteiger partial charge in [-0.05, 0) is 18.1 Å². The second kappa shape index (κ2) is 5.73. The fraction of sp³-hybridized carbons (Fsp3) is 0.167. The van der Waals surface area contributed by atoms with Crippen molar-refractivity contribution in [3.8, 4) is 11.8 Å². The molecule has 2 heterocycles. The molecule has 0 atom stereocenters. The van der Waals surface area contributed by atoms with E-state index >= 15 is 0 Å². The molecule has 0 spiro atoms. The van der Waals surface area contributed by atoms with Gasteiger partial charge in [0.2, 0.25) is 0 Å². The topological polar surface area (TPSA) is 97.1 Å². The number of hydrogen-bond acceptors (Lipinski definition) is 5. The Hall–Kier alpha value is -2.37. The minimum Gasteiger partial charge on any atom is -0.384 e. The zero-order valence-electron chi connectivity index (χ0n) is 10.6. The molecular formula is C12H12N4O3S. The van der Waals surface area contributed by atoms with E-state index in [1.54, 1.807) is 19.2 Å². The zero-order valence-corrected chi connectivity index (χ0v) is 11.4. The van der Waals surface area contributed by atoms with Gasteiger partial charge in [0.05, 0.1) is 6.20 Å². The van der Waals surface area contributed by atoms with Crippen molar-refractivity contribution in [2.75, 3.05) is 11.3 Å². The average molecular weight is 292 g/mol. The van der Waals surface area contributed by atoms with E-state index in [1.807, 2.05) is 0 Å². The summed E-state index contributed by atoms with van der Waals surface area (Å²) in [5.74, 6) is 5.20. The number of aromatic nitrogens is 3. The van der Waals surface area contributed by atoms with Crippen LogP contribution in [0.3, 0.4) is 0 Å². The predicted molar refractivity (Wildman–Crippen MR) is 72.2 cm³/mol. The van der Waals surface area contributed by atoms with Crippen LogP contribution in [0.15, 0.2) is 35.5 Å². The van der Waals surface area contributed by atoms with E-state index in [1.165, 1.54) is 23.1 Å². The fourth-order valence-corrected chi connectivity index (χ4v) is 2.41. The molecule has 2 rings (SSSR count). The fourth-order valence-electron chi connectivity index (χ4n) is 1.43. The van der Waals surface area contributed by atoms with Crippen LogP contribution in [0.25, 0.3) is 0 Å². The highest BCUT2D eigenvalue weighted by Gasteiger charge is 2.16. The highest BCUT2D eigenvalue weighted by molar-refractivity contribution is 7.92. The summed E-state index contributed by atoms with van der Waals surface area (Å²) in [6.45, 7) is -0.284. The Morgan fingerprint density at radius 2 is 2.25 bits per heavy atom. The molecule has 20 heavy (non-hydrogen) atoms. The SMILES string of the molecule is Cn1cc(S(=O)(=O)Nc2cccc(C#CCO)n2)cn1. The van der Waals surface area contributed by atoms with Crippen LogP contribution in [0, 0.1) is 11.8 Å². The first kappa shape index (κ1) is 14.0. The number of aliphatic hydroxyl groups excluding tert-OH is 1. The standard InChI is InChI=1S/C12H12N4O3S/c1-16-9-11(8-13-16)20(18,19)15-12-6-2-4-10(14-12)5-3-7-17/h2,4,6,8-9,17H,7H2,1H3,(H,14,15). The van der Waals surface area contributed by atoms with Gasteiger partial charge in [0.15, 0.2) is 0 Å². The maximum atomic E-state index is 12.1. The maximum absolute atomic E-state index is 12.1. The molecular weight excluding hydrogens is 280 g/mol. The van der Waals surface area contributed by atoms with Crippen molar-refractivity contribution < 1.29 is 13.5 Å². The number of rotatable bonds is 3. The lowest BCUT2D eigenvalue weighted by atomic mass is 10.3. The Kier molecular flexibility index (Phi) is 4.02. The van der Waals surface area contributed by atoms with Crippen molar-refractivity contribution >= 4 is 15.8 Å². The molecule has 0 amide bonds. The number of aryl methyl sites for hydroxylation is 1. The summed E-state index contributed by atoms with van der Waals surface area (Å²) in [4.78, 5) is 4.08. The van der Waals surface area contributed by atoms with Crippen LogP contribution < -0.4 is 4.72 Å². The molecule has 0 aromatic carbocycles. The third-order valence-corrected chi connectivity index (χ3v) is 3.58. The number of sulfonamides is 1. The molecule has 0 unspecified atom stereocenters. The molecule has 7 nitrogen and oxygen atoms in total. The Morgan fingerprint density at radius 1 is 1.45 bits per heavy atom. The van der Waals surface area contributed by atoms with Crippen molar-refractivity contribution in [1.82, 2.24) is 14.8 Å². The van der Waals surface area contributed by atoms with E-state index in [2.05, 4.69) is 26.6 Å². The molecule has 2 aromatic rings. The molecule has 0 aliphatic carbocycles. The third kappa shape index (κ3) is 3.34. The minimum absolute atomic E-state index is 0.0497. The number of nitrogens with zero attached hydrogens (tertiary/aromatic N) is 3. The summed E-state index contributed by atoms with van der Waals surface area (Å²) in [7, 11) is -2.10. The van der Waals surface area contributed by atoms with Gasteiger partial charge >= 0.3 is 0 Å². The molecule has 8 heteroatoms. The van der Waals surface area contributed by atoms with E-state index in [0.29, 0.717) is 5.69 Å². The normalized spacial score (nSPS) is 10.7. The largest absolute Gasteiger partial charge is 0.384 e. The van der Waals surface area contributed by atoms with Crippen LogP contribution in [0.1, 0.15) is 5.69 Å². The molecule has 0 saturated heterocycles. The summed E-state index contributed by atoms with van der Waals surface area (Å²) in [6.07, 6.45) is 2.63. The highest BCUT2D eigenvalue weighted by atomic mass is 32.2. The van der Waals surface area contributed by atoms with Crippen molar-refractivity contribution in [1.29, 1.82) is 0 Å². The molecule has 0 aliphatic rings. The van der Waals surface area contributed by atoms with Gasteiger partial charge in [-0.15, -0.1) is 0 Å². The first-order valence-corrected chi connectivity index (χ1v) is 7.08. The van der Waals surface area contributed by atoms with Crippen LogP contribution in [0.5, 0.6) is 0 Å². The van der Waals surface area contributed by atoms with Crippen LogP contribution >= 0.6 is 0 Å². The van der Waals surface area contributed by atoms with Crippen molar-refractivity contribution in [2.45, 2.75) is 4.90 Å². The molecule has 0 aliphatic heterocycles. The second-order valence-corrected chi connectivity index (χ2v) is 5.51. The minimum atomic E-state index is -3.72. The van der Waals surface area contributed by atoms with Gasteiger partial charge in [0, 0.05) is 13.2 Å². The van der Waals surface area contributed by atoms with Crippen molar-refractivity contribution in [3.63, 3.8) is 0 Å². The number of hydrogen-bond donors (Lipinski definition) is 2. The quantitative estimate of drug-likeness (QED) is 0.774. The molecule has 0 radical (unpaired) electrons. The summed E-state index contributed by atoms with van der Waals surface area (Å²) in [5.41, 5.74) is 0.366. The summed E-state index contributed by atoms with van der Waals surface area (Å²) in [5, 5.41) is 12.4. The van der Waals surface area contributed by atoms with Crippen molar-refractivity contribution in [2.24, 2.45) is 7.05 Å². The smallest absolute Gasteiger partial charge is 0.266 e. The Balaban J connectivity index is 2.25. The lowest BCUT2D eigenvalue weighted by Crippen LogP contribution is -2.13. The number of pyridine rings is 1. The third-order valence-electron chi connectivity index (χ3n) is 2.28. The van der Waals surface area contributed by atoms with Crippen LogP contribution in [-0.4, -0.2) is 34.9 Å². The van der Waals surface area contributed by atoms with E-state index in [4.69, 9.17) is 5.11 Å². The van der Waals surface area contributed by atoms with Crippen LogP contribution in [0.4, 0.5) is 5.82 Å². The molecule has 104 valence electrons. The number of nitrogens with one attached hydrogen (secondary N) is 1. The number of anilines is 1. The summed E-state index contributed by atoms with van der Waals surface area (Å²) < 4.78 is 27.9.